The van der Waals surface area contributed by atoms with Gasteiger partial charge in [-0.15, -0.1) is 12.4 Å². The van der Waals surface area contributed by atoms with Gasteiger partial charge in [0.1, 0.15) is 0 Å². The van der Waals surface area contributed by atoms with Crippen LogP contribution in [0.4, 0.5) is 0 Å². The van der Waals surface area contributed by atoms with Gasteiger partial charge in [0.05, 0.1) is 0 Å². The number of hydrogen-bond acceptors (Lipinski definition) is 4. The number of nitrogens with two attached hydrogens (primary N) is 1. The van der Waals surface area contributed by atoms with Crippen LogP contribution in [0.15, 0.2) is 12.1 Å². The van der Waals surface area contributed by atoms with Crippen LogP contribution in [0, 0.1) is 0 Å². The van der Waals surface area contributed by atoms with Gasteiger partial charge in [-0.2, -0.15) is 0 Å². The second-order valence-electron chi connectivity index (χ2n) is 2.15. The maximum absolute atomic E-state index is 9.09. The molecule has 0 fully saturated rings. The zero-order valence-corrected chi connectivity index (χ0v) is 7.01. The van der Waals surface area contributed by atoms with Crippen molar-refractivity contribution in [2.45, 2.75) is 6.54 Å². The molecule has 5 heteroatoms. The first-order chi connectivity index (χ1) is 5.16. The number of halogens is 1. The molecule has 0 saturated heterocycles. The maximum atomic E-state index is 9.09. The molecule has 0 spiro atoms. The Hall–Kier alpha value is -1.13. The average molecular weight is 192 g/mol. The summed E-state index contributed by atoms with van der Waals surface area (Å²) in [5.74, 6) is -1.22. The number of phenolic OH excluding ortho intramolecular Hbond substituents is 3. The highest BCUT2D eigenvalue weighted by atomic mass is 35.5. The van der Waals surface area contributed by atoms with E-state index in [4.69, 9.17) is 21.1 Å². The Morgan fingerprint density at radius 3 is 2.17 bits per heavy atom. The average Bonchev–Trinajstić information content (AvgIpc) is 2.01. The lowest BCUT2D eigenvalue weighted by atomic mass is 10.2. The molecule has 4 nitrogen and oxygen atoms in total. The number of rotatable bonds is 1. The lowest BCUT2D eigenvalue weighted by molar-refractivity contribution is 0.365. The third kappa shape index (κ3) is 1.72. The second kappa shape index (κ2) is 4.04. The van der Waals surface area contributed by atoms with Gasteiger partial charge in [0.25, 0.3) is 0 Å². The lowest BCUT2D eigenvalue weighted by Crippen LogP contribution is -1.96. The minimum Gasteiger partial charge on any atom is -0.504 e. The largest absolute Gasteiger partial charge is 0.504 e. The van der Waals surface area contributed by atoms with Gasteiger partial charge in [0.2, 0.25) is 5.75 Å². The monoisotopic (exact) mass is 191 g/mol. The van der Waals surface area contributed by atoms with E-state index in [9.17, 15) is 0 Å². The van der Waals surface area contributed by atoms with Crippen molar-refractivity contribution in [2.75, 3.05) is 0 Å². The highest BCUT2D eigenvalue weighted by Crippen LogP contribution is 2.36. The zero-order valence-electron chi connectivity index (χ0n) is 6.19. The fraction of sp³-hybridized carbons (Fsp3) is 0.143. The molecule has 0 atom stereocenters. The molecule has 0 aromatic heterocycles. The van der Waals surface area contributed by atoms with E-state index in [1.54, 1.807) is 0 Å². The molecular formula is C7H10ClNO3. The molecule has 1 aromatic carbocycles. The second-order valence-corrected chi connectivity index (χ2v) is 2.15. The number of hydrogen-bond donors (Lipinski definition) is 4. The van der Waals surface area contributed by atoms with Crippen LogP contribution < -0.4 is 5.73 Å². The molecule has 0 aliphatic carbocycles. The van der Waals surface area contributed by atoms with Gasteiger partial charge >= 0.3 is 0 Å². The van der Waals surface area contributed by atoms with E-state index in [2.05, 4.69) is 0 Å². The van der Waals surface area contributed by atoms with Gasteiger partial charge in [-0.1, -0.05) is 6.07 Å². The van der Waals surface area contributed by atoms with Crippen molar-refractivity contribution >= 4 is 12.4 Å². The first kappa shape index (κ1) is 10.9. The number of benzene rings is 1. The van der Waals surface area contributed by atoms with E-state index in [1.807, 2.05) is 0 Å². The highest BCUT2D eigenvalue weighted by Gasteiger charge is 2.08. The summed E-state index contributed by atoms with van der Waals surface area (Å²) < 4.78 is 0. The summed E-state index contributed by atoms with van der Waals surface area (Å²) in [6.45, 7) is 0.125. The summed E-state index contributed by atoms with van der Waals surface area (Å²) in [4.78, 5) is 0. The summed E-state index contributed by atoms with van der Waals surface area (Å²) in [7, 11) is 0. The van der Waals surface area contributed by atoms with E-state index in [0.29, 0.717) is 5.56 Å². The predicted molar refractivity (Wildman–Crippen MR) is 46.6 cm³/mol. The molecule has 0 amide bonds. The topological polar surface area (TPSA) is 86.7 Å². The third-order valence-electron chi connectivity index (χ3n) is 1.43. The first-order valence-corrected chi connectivity index (χ1v) is 3.09. The quantitative estimate of drug-likeness (QED) is 0.492. The van der Waals surface area contributed by atoms with Gasteiger partial charge in [-0.25, -0.2) is 0 Å². The van der Waals surface area contributed by atoms with Crippen molar-refractivity contribution in [1.82, 2.24) is 0 Å². The van der Waals surface area contributed by atoms with Crippen molar-refractivity contribution in [2.24, 2.45) is 5.73 Å². The van der Waals surface area contributed by atoms with E-state index in [1.165, 1.54) is 12.1 Å². The number of aromatic hydroxyl groups is 3. The van der Waals surface area contributed by atoms with E-state index in [0.717, 1.165) is 0 Å². The standard InChI is InChI=1S/C7H9NO3.ClH/c8-3-4-1-2-5(9)7(11)6(4)10;/h1-2,9-11H,3,8H2;1H. The fourth-order valence-electron chi connectivity index (χ4n) is 0.776. The Balaban J connectivity index is 0.00000121. The Labute approximate surface area is 75.7 Å². The van der Waals surface area contributed by atoms with Crippen LogP contribution in [0.5, 0.6) is 17.2 Å². The van der Waals surface area contributed by atoms with E-state index in [-0.39, 0.29) is 30.5 Å². The summed E-state index contributed by atoms with van der Waals surface area (Å²) in [6, 6.07) is 2.72. The van der Waals surface area contributed by atoms with Crippen LogP contribution in [0.25, 0.3) is 0 Å². The molecule has 12 heavy (non-hydrogen) atoms. The summed E-state index contributed by atoms with van der Waals surface area (Å²) >= 11 is 0. The molecule has 0 unspecified atom stereocenters. The van der Waals surface area contributed by atoms with E-state index < -0.39 is 5.75 Å². The molecule has 0 heterocycles. The normalized spacial score (nSPS) is 9.08. The van der Waals surface area contributed by atoms with Crippen LogP contribution >= 0.6 is 12.4 Å². The van der Waals surface area contributed by atoms with Crippen molar-refractivity contribution in [3.63, 3.8) is 0 Å². The molecule has 0 aliphatic heterocycles. The fourth-order valence-corrected chi connectivity index (χ4v) is 0.776. The highest BCUT2D eigenvalue weighted by molar-refractivity contribution is 5.85. The SMILES string of the molecule is Cl.NCc1ccc(O)c(O)c1O. The molecule has 0 aliphatic rings. The van der Waals surface area contributed by atoms with Crippen molar-refractivity contribution in [3.05, 3.63) is 17.7 Å². The van der Waals surface area contributed by atoms with Gasteiger partial charge in [0, 0.05) is 12.1 Å². The number of phenols is 3. The van der Waals surface area contributed by atoms with Crippen LogP contribution in [0.3, 0.4) is 0 Å². The molecule has 0 saturated carbocycles. The Morgan fingerprint density at radius 2 is 1.67 bits per heavy atom. The van der Waals surface area contributed by atoms with Crippen molar-refractivity contribution in [3.8, 4) is 17.2 Å². The maximum Gasteiger partial charge on any atom is 0.200 e. The molecule has 68 valence electrons. The zero-order chi connectivity index (χ0) is 8.43. The molecule has 1 aromatic rings. The molecular weight excluding hydrogens is 182 g/mol. The van der Waals surface area contributed by atoms with Gasteiger partial charge in [-0.3, -0.25) is 0 Å². The third-order valence-corrected chi connectivity index (χ3v) is 1.43. The van der Waals surface area contributed by atoms with Crippen molar-refractivity contribution < 1.29 is 15.3 Å². The van der Waals surface area contributed by atoms with Crippen molar-refractivity contribution in [1.29, 1.82) is 0 Å². The van der Waals surface area contributed by atoms with E-state index >= 15 is 0 Å². The van der Waals surface area contributed by atoms with Gasteiger partial charge in [0.15, 0.2) is 11.5 Å². The summed E-state index contributed by atoms with van der Waals surface area (Å²) in [6.07, 6.45) is 0. The molecule has 5 N–H and O–H groups in total. The summed E-state index contributed by atoms with van der Waals surface area (Å²) in [5, 5.41) is 26.9. The first-order valence-electron chi connectivity index (χ1n) is 3.09. The summed E-state index contributed by atoms with van der Waals surface area (Å²) in [5.41, 5.74) is 5.62. The van der Waals surface area contributed by atoms with Gasteiger partial charge < -0.3 is 21.1 Å². The molecule has 0 radical (unpaired) electrons. The Kier molecular flexibility index (Phi) is 3.66. The Morgan fingerprint density at radius 1 is 1.08 bits per heavy atom. The van der Waals surface area contributed by atoms with Gasteiger partial charge in [-0.05, 0) is 6.07 Å². The molecule has 0 bridgehead atoms. The predicted octanol–water partition coefficient (Wildman–Crippen LogP) is 0.684. The van der Waals surface area contributed by atoms with Crippen LogP contribution in [-0.2, 0) is 6.54 Å². The minimum atomic E-state index is -0.520. The smallest absolute Gasteiger partial charge is 0.200 e. The van der Waals surface area contributed by atoms with Crippen LogP contribution in [0.1, 0.15) is 5.56 Å². The molecule has 1 rings (SSSR count). The van der Waals surface area contributed by atoms with Crippen LogP contribution in [-0.4, -0.2) is 15.3 Å². The lowest BCUT2D eigenvalue weighted by Gasteiger charge is -2.04. The van der Waals surface area contributed by atoms with Crippen LogP contribution in [0.2, 0.25) is 0 Å². The Bertz CT molecular complexity index is 278. The minimum absolute atomic E-state index is 0.